The molecule has 0 fully saturated rings. The zero-order valence-corrected chi connectivity index (χ0v) is 7.94. The Labute approximate surface area is 80.0 Å². The maximum Gasteiger partial charge on any atom is 0.125 e. The van der Waals surface area contributed by atoms with E-state index in [1.807, 2.05) is 18.4 Å². The van der Waals surface area contributed by atoms with E-state index < -0.39 is 0 Å². The average molecular weight is 193 g/mol. The molecule has 13 heavy (non-hydrogen) atoms. The van der Waals surface area contributed by atoms with Crippen LogP contribution in [0.2, 0.25) is 0 Å². The largest absolute Gasteiger partial charge is 0.255 e. The van der Waals surface area contributed by atoms with Crippen molar-refractivity contribution in [2.45, 2.75) is 4.90 Å². The lowest BCUT2D eigenvalue weighted by atomic mass is 10.2. The Kier molecular flexibility index (Phi) is 2.19. The van der Waals surface area contributed by atoms with Gasteiger partial charge in [0.1, 0.15) is 5.82 Å². The third-order valence-corrected chi connectivity index (χ3v) is 2.61. The number of nitrogens with zero attached hydrogens (tertiary/aromatic N) is 1. The van der Waals surface area contributed by atoms with Crippen molar-refractivity contribution in [3.63, 3.8) is 0 Å². The highest BCUT2D eigenvalue weighted by Crippen LogP contribution is 2.25. The molecule has 0 spiro atoms. The molecule has 3 heteroatoms. The lowest BCUT2D eigenvalue weighted by Crippen LogP contribution is -1.83. The second kappa shape index (κ2) is 3.34. The molecule has 0 aliphatic heterocycles. The smallest absolute Gasteiger partial charge is 0.125 e. The zero-order chi connectivity index (χ0) is 9.26. The fourth-order valence-electron chi connectivity index (χ4n) is 1.28. The first-order chi connectivity index (χ1) is 6.31. The Morgan fingerprint density at radius 1 is 1.38 bits per heavy atom. The van der Waals surface area contributed by atoms with E-state index in [0.717, 1.165) is 15.8 Å². The predicted molar refractivity (Wildman–Crippen MR) is 53.5 cm³/mol. The van der Waals surface area contributed by atoms with E-state index in [4.69, 9.17) is 0 Å². The van der Waals surface area contributed by atoms with Crippen LogP contribution in [0.5, 0.6) is 0 Å². The van der Waals surface area contributed by atoms with E-state index in [9.17, 15) is 4.39 Å². The quantitative estimate of drug-likeness (QED) is 0.645. The van der Waals surface area contributed by atoms with Gasteiger partial charge in [-0.15, -0.1) is 11.8 Å². The average Bonchev–Trinajstić information content (AvgIpc) is 2.16. The van der Waals surface area contributed by atoms with E-state index in [1.54, 1.807) is 6.20 Å². The van der Waals surface area contributed by atoms with Crippen LogP contribution in [-0.4, -0.2) is 11.2 Å². The summed E-state index contributed by atoms with van der Waals surface area (Å²) in [4.78, 5) is 5.09. The van der Waals surface area contributed by atoms with Crippen LogP contribution < -0.4 is 0 Å². The van der Waals surface area contributed by atoms with Crippen molar-refractivity contribution in [3.8, 4) is 0 Å². The minimum atomic E-state index is -0.204. The minimum absolute atomic E-state index is 0.204. The summed E-state index contributed by atoms with van der Waals surface area (Å²) in [6, 6.07) is 6.69. The summed E-state index contributed by atoms with van der Waals surface area (Å²) in [5, 5.41) is 0.854. The molecule has 1 nitrogen and oxygen atoms in total. The molecule has 0 aliphatic carbocycles. The van der Waals surface area contributed by atoms with Gasteiger partial charge < -0.3 is 0 Å². The maximum atomic E-state index is 13.0. The molecule has 0 bridgehead atoms. The molecule has 0 unspecified atom stereocenters. The van der Waals surface area contributed by atoms with Crippen molar-refractivity contribution in [1.82, 2.24) is 4.98 Å². The van der Waals surface area contributed by atoms with Gasteiger partial charge in [0, 0.05) is 16.5 Å². The van der Waals surface area contributed by atoms with Crippen LogP contribution in [0.25, 0.3) is 10.9 Å². The number of fused-ring (bicyclic) bond motifs is 1. The highest BCUT2D eigenvalue weighted by molar-refractivity contribution is 7.98. The van der Waals surface area contributed by atoms with Crippen LogP contribution in [-0.2, 0) is 0 Å². The third kappa shape index (κ3) is 1.52. The van der Waals surface area contributed by atoms with E-state index in [2.05, 4.69) is 4.98 Å². The molecular weight excluding hydrogens is 185 g/mol. The number of aromatic nitrogens is 1. The number of rotatable bonds is 1. The fourth-order valence-corrected chi connectivity index (χ4v) is 1.87. The second-order valence-corrected chi connectivity index (χ2v) is 3.53. The molecule has 0 saturated heterocycles. The first-order valence-electron chi connectivity index (χ1n) is 3.89. The van der Waals surface area contributed by atoms with E-state index in [0.29, 0.717) is 0 Å². The first-order valence-corrected chi connectivity index (χ1v) is 5.12. The lowest BCUT2D eigenvalue weighted by Gasteiger charge is -2.02. The molecule has 66 valence electrons. The summed E-state index contributed by atoms with van der Waals surface area (Å²) < 4.78 is 13.0. The molecule has 0 saturated carbocycles. The Balaban J connectivity index is 2.81. The van der Waals surface area contributed by atoms with Crippen molar-refractivity contribution >= 4 is 22.7 Å². The summed E-state index contributed by atoms with van der Waals surface area (Å²) in [5.74, 6) is -0.204. The molecular formula is C10H8FNS. The maximum absolute atomic E-state index is 13.0. The molecule has 1 heterocycles. The summed E-state index contributed by atoms with van der Waals surface area (Å²) in [5.41, 5.74) is 0.872. The summed E-state index contributed by atoms with van der Waals surface area (Å²) in [6.45, 7) is 0. The number of hydrogen-bond acceptors (Lipinski definition) is 2. The molecule has 1 aromatic carbocycles. The fraction of sp³-hybridized carbons (Fsp3) is 0.100. The van der Waals surface area contributed by atoms with Gasteiger partial charge in [-0.05, 0) is 24.5 Å². The Morgan fingerprint density at radius 2 is 2.23 bits per heavy atom. The number of benzene rings is 1. The van der Waals surface area contributed by atoms with Crippen LogP contribution in [0.15, 0.2) is 35.4 Å². The first kappa shape index (κ1) is 8.51. The van der Waals surface area contributed by atoms with Gasteiger partial charge >= 0.3 is 0 Å². The molecule has 0 radical (unpaired) electrons. The van der Waals surface area contributed by atoms with Gasteiger partial charge in [0.25, 0.3) is 0 Å². The molecule has 2 rings (SSSR count). The summed E-state index contributed by atoms with van der Waals surface area (Å²) in [7, 11) is 0. The molecule has 0 N–H and O–H groups in total. The molecule has 0 amide bonds. The van der Waals surface area contributed by atoms with E-state index in [1.165, 1.54) is 23.9 Å². The van der Waals surface area contributed by atoms with Gasteiger partial charge in [-0.2, -0.15) is 0 Å². The molecule has 2 aromatic rings. The minimum Gasteiger partial charge on any atom is -0.255 e. The van der Waals surface area contributed by atoms with Gasteiger partial charge in [0.2, 0.25) is 0 Å². The number of halogens is 1. The van der Waals surface area contributed by atoms with Crippen molar-refractivity contribution in [2.24, 2.45) is 0 Å². The predicted octanol–water partition coefficient (Wildman–Crippen LogP) is 3.10. The highest BCUT2D eigenvalue weighted by atomic mass is 32.2. The zero-order valence-electron chi connectivity index (χ0n) is 7.12. The van der Waals surface area contributed by atoms with E-state index in [-0.39, 0.29) is 5.82 Å². The van der Waals surface area contributed by atoms with Crippen LogP contribution >= 0.6 is 11.8 Å². The molecule has 1 aromatic heterocycles. The number of thioether (sulfide) groups is 1. The van der Waals surface area contributed by atoms with Gasteiger partial charge in [-0.25, -0.2) is 4.39 Å². The van der Waals surface area contributed by atoms with Crippen molar-refractivity contribution < 1.29 is 4.39 Å². The lowest BCUT2D eigenvalue weighted by molar-refractivity contribution is 0.626. The van der Waals surface area contributed by atoms with Crippen molar-refractivity contribution in [2.75, 3.05) is 6.26 Å². The molecule has 0 atom stereocenters. The SMILES string of the molecule is CSc1cc(F)cc2cccnc12. The Hall–Kier alpha value is -1.09. The number of hydrogen-bond donors (Lipinski definition) is 0. The molecule has 0 aliphatic rings. The van der Waals surface area contributed by atoms with Crippen LogP contribution in [0.4, 0.5) is 4.39 Å². The van der Waals surface area contributed by atoms with Gasteiger partial charge in [-0.3, -0.25) is 4.98 Å². The summed E-state index contributed by atoms with van der Waals surface area (Å²) >= 11 is 1.51. The normalized spacial score (nSPS) is 10.6. The number of pyridine rings is 1. The summed E-state index contributed by atoms with van der Waals surface area (Å²) in [6.07, 6.45) is 3.64. The second-order valence-electron chi connectivity index (χ2n) is 2.68. The van der Waals surface area contributed by atoms with E-state index >= 15 is 0 Å². The standard InChI is InChI=1S/C10H8FNS/c1-13-9-6-8(11)5-7-3-2-4-12-10(7)9/h2-6H,1H3. The monoisotopic (exact) mass is 193 g/mol. The highest BCUT2D eigenvalue weighted by Gasteiger charge is 2.02. The van der Waals surface area contributed by atoms with Gasteiger partial charge in [-0.1, -0.05) is 6.07 Å². The van der Waals surface area contributed by atoms with Crippen molar-refractivity contribution in [3.05, 3.63) is 36.3 Å². The van der Waals surface area contributed by atoms with Gasteiger partial charge in [0.15, 0.2) is 0 Å². The van der Waals surface area contributed by atoms with Crippen LogP contribution in [0.1, 0.15) is 0 Å². The van der Waals surface area contributed by atoms with Crippen LogP contribution in [0.3, 0.4) is 0 Å². The van der Waals surface area contributed by atoms with Crippen LogP contribution in [0, 0.1) is 5.82 Å². The Bertz CT molecular complexity index is 442. The van der Waals surface area contributed by atoms with Gasteiger partial charge in [0.05, 0.1) is 5.52 Å². The third-order valence-electron chi connectivity index (χ3n) is 1.85. The van der Waals surface area contributed by atoms with Crippen molar-refractivity contribution in [1.29, 1.82) is 0 Å². The topological polar surface area (TPSA) is 12.9 Å². The Morgan fingerprint density at radius 3 is 3.00 bits per heavy atom.